The molecule has 23 heavy (non-hydrogen) atoms. The third-order valence-electron chi connectivity index (χ3n) is 6.07. The third kappa shape index (κ3) is 2.90. The SMILES string of the molecule is CC[C@@](CO)(C(=O)O[C@H]1C[N+]2(C)CCC1CC2)c1ccccc1. The number of likely N-dealkylation sites (N-methyl/N-ethyl adjacent to an activating group) is 1. The van der Waals surface area contributed by atoms with E-state index in [4.69, 9.17) is 4.74 Å². The van der Waals surface area contributed by atoms with Crippen LogP contribution in [0.15, 0.2) is 30.3 Å². The monoisotopic (exact) mass is 318 g/mol. The van der Waals surface area contributed by atoms with Crippen LogP contribution in [0, 0.1) is 5.92 Å². The van der Waals surface area contributed by atoms with Crippen molar-refractivity contribution in [3.63, 3.8) is 0 Å². The summed E-state index contributed by atoms with van der Waals surface area (Å²) in [5.74, 6) is 0.224. The molecule has 3 fully saturated rings. The Bertz CT molecular complexity index is 545. The lowest BCUT2D eigenvalue weighted by Crippen LogP contribution is -2.62. The van der Waals surface area contributed by atoms with Crippen LogP contribution in [0.25, 0.3) is 0 Å². The average molecular weight is 318 g/mol. The van der Waals surface area contributed by atoms with Crippen molar-refractivity contribution in [1.82, 2.24) is 0 Å². The highest BCUT2D eigenvalue weighted by molar-refractivity contribution is 5.83. The molecule has 0 unspecified atom stereocenters. The zero-order valence-corrected chi connectivity index (χ0v) is 14.2. The van der Waals surface area contributed by atoms with E-state index >= 15 is 0 Å². The van der Waals surface area contributed by atoms with Gasteiger partial charge < -0.3 is 14.3 Å². The minimum atomic E-state index is -0.939. The van der Waals surface area contributed by atoms with E-state index in [9.17, 15) is 9.90 Å². The van der Waals surface area contributed by atoms with Gasteiger partial charge in [-0.05, 0) is 12.0 Å². The molecule has 3 aliphatic heterocycles. The molecular weight excluding hydrogens is 290 g/mol. The van der Waals surface area contributed by atoms with Gasteiger partial charge in [0, 0.05) is 18.8 Å². The number of nitrogens with zero attached hydrogens (tertiary/aromatic N) is 1. The lowest BCUT2D eigenvalue weighted by Gasteiger charge is -2.50. The number of carbonyl (C=O) groups excluding carboxylic acids is 1. The van der Waals surface area contributed by atoms with Crippen LogP contribution >= 0.6 is 0 Å². The van der Waals surface area contributed by atoms with Crippen LogP contribution in [-0.4, -0.2) is 55.0 Å². The second kappa shape index (κ2) is 6.25. The first-order valence-electron chi connectivity index (χ1n) is 8.74. The summed E-state index contributed by atoms with van der Waals surface area (Å²) in [6.07, 6.45) is 2.81. The van der Waals surface area contributed by atoms with E-state index in [-0.39, 0.29) is 18.7 Å². The van der Waals surface area contributed by atoms with Gasteiger partial charge in [0.15, 0.2) is 6.10 Å². The first kappa shape index (κ1) is 16.5. The number of aliphatic hydroxyl groups is 1. The summed E-state index contributed by atoms with van der Waals surface area (Å²) in [6.45, 7) is 5.02. The number of quaternary nitrogens is 1. The molecule has 1 N–H and O–H groups in total. The van der Waals surface area contributed by atoms with Crippen LogP contribution < -0.4 is 0 Å². The zero-order chi connectivity index (χ0) is 16.5. The van der Waals surface area contributed by atoms with E-state index in [0.29, 0.717) is 12.3 Å². The standard InChI is InChI=1S/C19H28NO3/c1-3-19(14-21,16-7-5-4-6-8-16)18(22)23-17-13-20(2)11-9-15(17)10-12-20/h4-8,15,17,21H,3,9-14H2,1-2H3/q+1/t15?,17-,19-,20?/m0/s1. The number of ether oxygens (including phenoxy) is 1. The van der Waals surface area contributed by atoms with Gasteiger partial charge in [0.05, 0.1) is 26.7 Å². The number of rotatable bonds is 5. The highest BCUT2D eigenvalue weighted by Gasteiger charge is 2.48. The molecule has 0 amide bonds. The second-order valence-corrected chi connectivity index (χ2v) is 7.49. The Kier molecular flexibility index (Phi) is 4.47. The molecule has 2 atom stereocenters. The van der Waals surface area contributed by atoms with Gasteiger partial charge in [0.25, 0.3) is 0 Å². The molecule has 3 aliphatic rings. The summed E-state index contributed by atoms with van der Waals surface area (Å²) in [4.78, 5) is 13.0. The maximum Gasteiger partial charge on any atom is 0.319 e. The Balaban J connectivity index is 1.80. The Morgan fingerprint density at radius 2 is 1.96 bits per heavy atom. The normalized spacial score (nSPS) is 32.3. The maximum absolute atomic E-state index is 13.0. The smallest absolute Gasteiger partial charge is 0.319 e. The predicted octanol–water partition coefficient (Wildman–Crippen LogP) is 2.11. The average Bonchev–Trinajstić information content (AvgIpc) is 2.57. The van der Waals surface area contributed by atoms with E-state index < -0.39 is 5.41 Å². The van der Waals surface area contributed by atoms with E-state index in [0.717, 1.165) is 29.4 Å². The Labute approximate surface area is 138 Å². The van der Waals surface area contributed by atoms with Gasteiger partial charge in [-0.1, -0.05) is 37.3 Å². The Morgan fingerprint density at radius 1 is 1.30 bits per heavy atom. The Morgan fingerprint density at radius 3 is 2.48 bits per heavy atom. The number of carbonyl (C=O) groups is 1. The molecule has 0 aliphatic carbocycles. The van der Waals surface area contributed by atoms with E-state index in [1.807, 2.05) is 37.3 Å². The van der Waals surface area contributed by atoms with Gasteiger partial charge in [-0.3, -0.25) is 4.79 Å². The molecule has 0 spiro atoms. The number of benzene rings is 1. The first-order valence-corrected chi connectivity index (χ1v) is 8.74. The van der Waals surface area contributed by atoms with Gasteiger partial charge in [-0.25, -0.2) is 0 Å². The molecule has 0 aromatic heterocycles. The van der Waals surface area contributed by atoms with Gasteiger partial charge in [-0.2, -0.15) is 0 Å². The van der Waals surface area contributed by atoms with Crippen LogP contribution in [0.1, 0.15) is 31.7 Å². The van der Waals surface area contributed by atoms with Crippen molar-refractivity contribution in [3.05, 3.63) is 35.9 Å². The fourth-order valence-electron chi connectivity index (χ4n) is 4.22. The van der Waals surface area contributed by atoms with Crippen molar-refractivity contribution >= 4 is 5.97 Å². The fraction of sp³-hybridized carbons (Fsp3) is 0.632. The number of aliphatic hydroxyl groups excluding tert-OH is 1. The zero-order valence-electron chi connectivity index (χ0n) is 14.2. The molecule has 0 saturated carbocycles. The molecule has 4 nitrogen and oxygen atoms in total. The minimum absolute atomic E-state index is 0.00353. The largest absolute Gasteiger partial charge is 0.455 e. The van der Waals surface area contributed by atoms with Crippen molar-refractivity contribution in [2.75, 3.05) is 33.3 Å². The van der Waals surface area contributed by atoms with Crippen molar-refractivity contribution in [2.24, 2.45) is 5.92 Å². The molecule has 4 rings (SSSR count). The third-order valence-corrected chi connectivity index (χ3v) is 6.07. The van der Waals surface area contributed by atoms with Gasteiger partial charge in [0.1, 0.15) is 12.0 Å². The van der Waals surface area contributed by atoms with Crippen molar-refractivity contribution in [2.45, 2.75) is 37.7 Å². The van der Waals surface area contributed by atoms with Crippen LogP contribution in [0.4, 0.5) is 0 Å². The number of esters is 1. The molecular formula is C19H28NO3+. The Hall–Kier alpha value is -1.39. The summed E-state index contributed by atoms with van der Waals surface area (Å²) >= 11 is 0. The first-order chi connectivity index (χ1) is 11.0. The van der Waals surface area contributed by atoms with Gasteiger partial charge >= 0.3 is 5.97 Å². The summed E-state index contributed by atoms with van der Waals surface area (Å²) in [5, 5.41) is 10.0. The topological polar surface area (TPSA) is 46.5 Å². The second-order valence-electron chi connectivity index (χ2n) is 7.49. The quantitative estimate of drug-likeness (QED) is 0.668. The highest BCUT2D eigenvalue weighted by Crippen LogP contribution is 2.36. The van der Waals surface area contributed by atoms with Gasteiger partial charge in [-0.15, -0.1) is 0 Å². The van der Waals surface area contributed by atoms with E-state index in [1.165, 1.54) is 13.1 Å². The number of hydrogen-bond donors (Lipinski definition) is 1. The maximum atomic E-state index is 13.0. The molecule has 0 radical (unpaired) electrons. The molecule has 1 aromatic carbocycles. The lowest BCUT2D eigenvalue weighted by atomic mass is 9.78. The van der Waals surface area contributed by atoms with Crippen molar-refractivity contribution in [3.8, 4) is 0 Å². The number of piperidine rings is 3. The van der Waals surface area contributed by atoms with Crippen LogP contribution in [0.5, 0.6) is 0 Å². The molecule has 126 valence electrons. The molecule has 3 heterocycles. The van der Waals surface area contributed by atoms with Gasteiger partial charge in [0.2, 0.25) is 0 Å². The molecule has 3 saturated heterocycles. The fourth-order valence-corrected chi connectivity index (χ4v) is 4.22. The number of fused-ring (bicyclic) bond motifs is 3. The number of hydrogen-bond acceptors (Lipinski definition) is 3. The van der Waals surface area contributed by atoms with Crippen LogP contribution in [0.3, 0.4) is 0 Å². The summed E-state index contributed by atoms with van der Waals surface area (Å²) in [6, 6.07) is 9.55. The van der Waals surface area contributed by atoms with E-state index in [2.05, 4.69) is 7.05 Å². The van der Waals surface area contributed by atoms with Crippen LogP contribution in [0.2, 0.25) is 0 Å². The van der Waals surface area contributed by atoms with E-state index in [1.54, 1.807) is 0 Å². The minimum Gasteiger partial charge on any atom is -0.455 e. The summed E-state index contributed by atoms with van der Waals surface area (Å²) in [7, 11) is 2.26. The summed E-state index contributed by atoms with van der Waals surface area (Å²) in [5.41, 5.74) is -0.0945. The highest BCUT2D eigenvalue weighted by atomic mass is 16.5. The molecule has 4 heteroatoms. The summed E-state index contributed by atoms with van der Waals surface area (Å²) < 4.78 is 6.99. The molecule has 1 aromatic rings. The predicted molar refractivity (Wildman–Crippen MR) is 88.9 cm³/mol. The van der Waals surface area contributed by atoms with Crippen molar-refractivity contribution < 1.29 is 19.1 Å². The molecule has 2 bridgehead atoms. The van der Waals surface area contributed by atoms with Crippen LogP contribution in [-0.2, 0) is 14.9 Å². The van der Waals surface area contributed by atoms with Crippen molar-refractivity contribution in [1.29, 1.82) is 0 Å². The lowest BCUT2D eigenvalue weighted by molar-refractivity contribution is -0.928.